The molecule has 0 radical (unpaired) electrons. The van der Waals surface area contributed by atoms with E-state index in [-0.39, 0.29) is 5.76 Å². The Morgan fingerprint density at radius 2 is 2.21 bits per heavy atom. The Kier molecular flexibility index (Phi) is 5.46. The second-order valence-corrected chi connectivity index (χ2v) is 6.92. The summed E-state index contributed by atoms with van der Waals surface area (Å²) in [7, 11) is 0. The second-order valence-electron chi connectivity index (χ2n) is 4.84. The van der Waals surface area contributed by atoms with Crippen molar-refractivity contribution < 1.29 is 9.21 Å². The zero-order valence-corrected chi connectivity index (χ0v) is 16.1. The van der Waals surface area contributed by atoms with Gasteiger partial charge in [-0.2, -0.15) is 10.2 Å². The first kappa shape index (κ1) is 16.9. The molecule has 1 N–H and O–H groups in total. The summed E-state index contributed by atoms with van der Waals surface area (Å²) in [6.07, 6.45) is 5.12. The van der Waals surface area contributed by atoms with Gasteiger partial charge >= 0.3 is 5.91 Å². The van der Waals surface area contributed by atoms with E-state index in [0.29, 0.717) is 12.3 Å². The number of hydrogen-bond acceptors (Lipinski definition) is 4. The number of amides is 1. The van der Waals surface area contributed by atoms with E-state index < -0.39 is 5.91 Å². The molecular formula is C16H12BrIN4O2. The number of nitrogens with one attached hydrogen (secondary N) is 1. The average molecular weight is 499 g/mol. The van der Waals surface area contributed by atoms with Crippen LogP contribution in [0.5, 0.6) is 0 Å². The van der Waals surface area contributed by atoms with E-state index in [2.05, 4.69) is 54.1 Å². The average Bonchev–Trinajstić information content (AvgIpc) is 3.19. The Hall–Kier alpha value is -1.94. The Labute approximate surface area is 160 Å². The maximum atomic E-state index is 12.0. The molecule has 2 heterocycles. The minimum atomic E-state index is -0.398. The van der Waals surface area contributed by atoms with Crippen LogP contribution in [0, 0.1) is 3.57 Å². The largest absolute Gasteiger partial charge is 0.454 e. The van der Waals surface area contributed by atoms with E-state index in [4.69, 9.17) is 4.42 Å². The third-order valence-corrected chi connectivity index (χ3v) is 4.47. The van der Waals surface area contributed by atoms with Gasteiger partial charge < -0.3 is 4.42 Å². The van der Waals surface area contributed by atoms with Crippen LogP contribution in [0.4, 0.5) is 0 Å². The molecule has 3 aromatic rings. The number of hydrogen-bond donors (Lipinski definition) is 1. The van der Waals surface area contributed by atoms with Gasteiger partial charge in [0.05, 0.1) is 23.4 Å². The molecule has 122 valence electrons. The van der Waals surface area contributed by atoms with Crippen LogP contribution < -0.4 is 5.43 Å². The molecule has 2 aromatic heterocycles. The Morgan fingerprint density at radius 1 is 1.38 bits per heavy atom. The minimum Gasteiger partial charge on any atom is -0.454 e. The lowest BCUT2D eigenvalue weighted by Gasteiger charge is -1.99. The summed E-state index contributed by atoms with van der Waals surface area (Å²) in [6, 6.07) is 11.1. The molecule has 0 saturated heterocycles. The smallest absolute Gasteiger partial charge is 0.307 e. The first-order valence-electron chi connectivity index (χ1n) is 6.96. The SMILES string of the molecule is O=C(N/N=C/c1ccccc1I)c1ccc(Cn2cc(Br)cn2)o1. The Morgan fingerprint density at radius 3 is 2.96 bits per heavy atom. The van der Waals surface area contributed by atoms with Gasteiger partial charge in [0.25, 0.3) is 0 Å². The number of carbonyl (C=O) groups excluding carboxylic acids is 1. The lowest BCUT2D eigenvalue weighted by atomic mass is 10.2. The van der Waals surface area contributed by atoms with Crippen molar-refractivity contribution >= 4 is 50.6 Å². The van der Waals surface area contributed by atoms with Crippen molar-refractivity contribution in [3.8, 4) is 0 Å². The third kappa shape index (κ3) is 4.32. The topological polar surface area (TPSA) is 72.4 Å². The summed E-state index contributed by atoms with van der Waals surface area (Å²) in [6.45, 7) is 0.449. The quantitative estimate of drug-likeness (QED) is 0.331. The zero-order chi connectivity index (χ0) is 16.9. The second kappa shape index (κ2) is 7.75. The van der Waals surface area contributed by atoms with E-state index >= 15 is 0 Å². The Balaban J connectivity index is 1.60. The van der Waals surface area contributed by atoms with E-state index in [0.717, 1.165) is 13.6 Å². The summed E-state index contributed by atoms with van der Waals surface area (Å²) in [5.41, 5.74) is 3.39. The molecule has 3 rings (SSSR count). The number of benzene rings is 1. The van der Waals surface area contributed by atoms with E-state index in [1.807, 2.05) is 30.5 Å². The third-order valence-electron chi connectivity index (χ3n) is 3.08. The number of hydrazone groups is 1. The first-order valence-corrected chi connectivity index (χ1v) is 8.83. The number of rotatable bonds is 5. The van der Waals surface area contributed by atoms with Crippen molar-refractivity contribution in [3.05, 3.63) is 73.9 Å². The highest BCUT2D eigenvalue weighted by molar-refractivity contribution is 14.1. The maximum Gasteiger partial charge on any atom is 0.307 e. The standard InChI is InChI=1S/C16H12BrIN4O2/c17-12-8-20-22(9-12)10-13-5-6-15(24-13)16(23)21-19-7-11-3-1-2-4-14(11)18/h1-9H,10H2,(H,21,23)/b19-7+. The predicted molar refractivity (Wildman–Crippen MR) is 102 cm³/mol. The van der Waals surface area contributed by atoms with Crippen molar-refractivity contribution in [2.45, 2.75) is 6.54 Å². The molecule has 1 aromatic carbocycles. The van der Waals surface area contributed by atoms with Crippen molar-refractivity contribution in [2.75, 3.05) is 0 Å². The fraction of sp³-hybridized carbons (Fsp3) is 0.0625. The molecule has 0 aliphatic carbocycles. The van der Waals surface area contributed by atoms with Gasteiger partial charge in [0.1, 0.15) is 5.76 Å². The summed E-state index contributed by atoms with van der Waals surface area (Å²) < 4.78 is 9.17. The molecule has 0 saturated carbocycles. The van der Waals surface area contributed by atoms with Gasteiger partial charge in [-0.05, 0) is 56.7 Å². The zero-order valence-electron chi connectivity index (χ0n) is 12.3. The Bertz CT molecular complexity index is 888. The molecular weight excluding hydrogens is 487 g/mol. The van der Waals surface area contributed by atoms with Gasteiger partial charge in [-0.15, -0.1) is 0 Å². The van der Waals surface area contributed by atoms with Crippen LogP contribution in [0.15, 0.2) is 62.8 Å². The minimum absolute atomic E-state index is 0.205. The van der Waals surface area contributed by atoms with Gasteiger partial charge in [-0.3, -0.25) is 9.48 Å². The van der Waals surface area contributed by atoms with Crippen LogP contribution in [0.2, 0.25) is 0 Å². The molecule has 0 atom stereocenters. The van der Waals surface area contributed by atoms with Gasteiger partial charge in [0.2, 0.25) is 0 Å². The van der Waals surface area contributed by atoms with Crippen LogP contribution in [0.25, 0.3) is 0 Å². The lowest BCUT2D eigenvalue weighted by Crippen LogP contribution is -2.16. The highest BCUT2D eigenvalue weighted by atomic mass is 127. The number of carbonyl (C=O) groups is 1. The molecule has 8 heteroatoms. The van der Waals surface area contributed by atoms with Crippen LogP contribution in [-0.4, -0.2) is 21.9 Å². The highest BCUT2D eigenvalue weighted by Gasteiger charge is 2.11. The molecule has 1 amide bonds. The first-order chi connectivity index (χ1) is 11.6. The summed E-state index contributed by atoms with van der Waals surface area (Å²) >= 11 is 5.54. The van der Waals surface area contributed by atoms with Crippen molar-refractivity contribution in [2.24, 2.45) is 5.10 Å². The monoisotopic (exact) mass is 498 g/mol. The van der Waals surface area contributed by atoms with E-state index in [1.54, 1.807) is 29.2 Å². The van der Waals surface area contributed by atoms with Crippen LogP contribution >= 0.6 is 38.5 Å². The maximum absolute atomic E-state index is 12.0. The molecule has 24 heavy (non-hydrogen) atoms. The molecule has 0 spiro atoms. The predicted octanol–water partition coefficient (Wildman–Crippen LogP) is 3.66. The van der Waals surface area contributed by atoms with Crippen LogP contribution in [0.1, 0.15) is 21.9 Å². The number of nitrogens with zero attached hydrogens (tertiary/aromatic N) is 3. The molecule has 6 nitrogen and oxygen atoms in total. The van der Waals surface area contributed by atoms with Gasteiger partial charge in [0, 0.05) is 15.3 Å². The van der Waals surface area contributed by atoms with Gasteiger partial charge in [0.15, 0.2) is 5.76 Å². The number of furan rings is 1. The summed E-state index contributed by atoms with van der Waals surface area (Å²) in [5, 5.41) is 8.10. The number of aromatic nitrogens is 2. The highest BCUT2D eigenvalue weighted by Crippen LogP contribution is 2.12. The summed E-state index contributed by atoms with van der Waals surface area (Å²) in [5.74, 6) is 0.443. The van der Waals surface area contributed by atoms with E-state index in [1.165, 1.54) is 0 Å². The van der Waals surface area contributed by atoms with Crippen molar-refractivity contribution in [3.63, 3.8) is 0 Å². The molecule has 0 aliphatic rings. The fourth-order valence-electron chi connectivity index (χ4n) is 1.96. The lowest BCUT2D eigenvalue weighted by molar-refractivity contribution is 0.0925. The van der Waals surface area contributed by atoms with Crippen LogP contribution in [-0.2, 0) is 6.54 Å². The van der Waals surface area contributed by atoms with Crippen molar-refractivity contribution in [1.29, 1.82) is 0 Å². The van der Waals surface area contributed by atoms with Gasteiger partial charge in [-0.25, -0.2) is 5.43 Å². The molecule has 0 fully saturated rings. The normalized spacial score (nSPS) is 11.1. The fourth-order valence-corrected chi connectivity index (χ4v) is 2.82. The van der Waals surface area contributed by atoms with Crippen LogP contribution in [0.3, 0.4) is 0 Å². The summed E-state index contributed by atoms with van der Waals surface area (Å²) in [4.78, 5) is 12.0. The van der Waals surface area contributed by atoms with Gasteiger partial charge in [-0.1, -0.05) is 18.2 Å². The molecule has 0 bridgehead atoms. The molecule has 0 aliphatic heterocycles. The molecule has 0 unspecified atom stereocenters. The van der Waals surface area contributed by atoms with E-state index in [9.17, 15) is 4.79 Å². The number of halogens is 2. The van der Waals surface area contributed by atoms with Crippen molar-refractivity contribution in [1.82, 2.24) is 15.2 Å².